The number of nitrogens with zero attached hydrogens (tertiary/aromatic N) is 4. The third kappa shape index (κ3) is 2.75. The van der Waals surface area contributed by atoms with Gasteiger partial charge in [-0.3, -0.25) is 4.98 Å². The highest BCUT2D eigenvalue weighted by atomic mass is 19.1. The molecule has 0 spiro atoms. The van der Waals surface area contributed by atoms with E-state index in [9.17, 15) is 0 Å². The number of anilines is 1. The third-order valence-corrected chi connectivity index (χ3v) is 6.74. The Balaban J connectivity index is 1.52. The van der Waals surface area contributed by atoms with Crippen LogP contribution in [0, 0.1) is 5.82 Å². The molecule has 2 saturated heterocycles. The van der Waals surface area contributed by atoms with Gasteiger partial charge in [-0.15, -0.1) is 0 Å². The summed E-state index contributed by atoms with van der Waals surface area (Å²) in [6.45, 7) is 1.70. The fraction of sp³-hybridized carbons (Fsp3) is 0.435. The molecule has 2 atom stereocenters. The van der Waals surface area contributed by atoms with Crippen LogP contribution in [0.3, 0.4) is 0 Å². The molecule has 2 aliphatic heterocycles. The molecule has 1 aromatic carbocycles. The van der Waals surface area contributed by atoms with Gasteiger partial charge in [-0.1, -0.05) is 18.2 Å². The summed E-state index contributed by atoms with van der Waals surface area (Å²) in [6, 6.07) is 7.18. The SMILES string of the molecule is COc1nc(N2CC3CCC(C2)N3)c2cnc(-c3cccc4c3CCC4)c(F)c2n1. The van der Waals surface area contributed by atoms with E-state index in [0.29, 0.717) is 29.0 Å². The van der Waals surface area contributed by atoms with Crippen molar-refractivity contribution in [3.05, 3.63) is 41.3 Å². The van der Waals surface area contributed by atoms with E-state index in [1.807, 2.05) is 12.1 Å². The van der Waals surface area contributed by atoms with Crippen molar-refractivity contribution < 1.29 is 9.13 Å². The molecule has 154 valence electrons. The van der Waals surface area contributed by atoms with Crippen molar-refractivity contribution in [2.45, 2.75) is 44.2 Å². The highest BCUT2D eigenvalue weighted by Crippen LogP contribution is 2.37. The molecular weight excluding hydrogens is 381 g/mol. The summed E-state index contributed by atoms with van der Waals surface area (Å²) in [5.74, 6) is 0.319. The molecule has 0 amide bonds. The number of hydrogen-bond donors (Lipinski definition) is 1. The minimum atomic E-state index is -0.396. The van der Waals surface area contributed by atoms with Gasteiger partial charge in [0, 0.05) is 36.9 Å². The normalized spacial score (nSPS) is 22.5. The van der Waals surface area contributed by atoms with E-state index in [4.69, 9.17) is 4.74 Å². The predicted octanol–water partition coefficient (Wildman–Crippen LogP) is 3.27. The number of benzene rings is 1. The van der Waals surface area contributed by atoms with E-state index in [0.717, 1.165) is 50.8 Å². The first kappa shape index (κ1) is 18.0. The molecule has 1 aliphatic carbocycles. The number of ether oxygens (including phenoxy) is 1. The Kier molecular flexibility index (Phi) is 4.13. The Morgan fingerprint density at radius 2 is 1.97 bits per heavy atom. The average Bonchev–Trinajstić information content (AvgIpc) is 3.39. The zero-order chi connectivity index (χ0) is 20.2. The van der Waals surface area contributed by atoms with Crippen LogP contribution in [0.2, 0.25) is 0 Å². The smallest absolute Gasteiger partial charge is 0.318 e. The Morgan fingerprint density at radius 3 is 2.77 bits per heavy atom. The number of nitrogens with one attached hydrogen (secondary N) is 1. The van der Waals surface area contributed by atoms with Crippen LogP contribution < -0.4 is 15.0 Å². The predicted molar refractivity (Wildman–Crippen MR) is 113 cm³/mol. The number of pyridine rings is 1. The quantitative estimate of drug-likeness (QED) is 0.722. The largest absolute Gasteiger partial charge is 0.467 e. The lowest BCUT2D eigenvalue weighted by atomic mass is 9.99. The summed E-state index contributed by atoms with van der Waals surface area (Å²) in [4.78, 5) is 15.8. The molecule has 2 bridgehead atoms. The van der Waals surface area contributed by atoms with Gasteiger partial charge >= 0.3 is 6.01 Å². The minimum absolute atomic E-state index is 0.192. The molecule has 0 radical (unpaired) electrons. The molecule has 6 rings (SSSR count). The number of halogens is 1. The Bertz CT molecular complexity index is 1140. The lowest BCUT2D eigenvalue weighted by Gasteiger charge is -2.34. The van der Waals surface area contributed by atoms with E-state index in [-0.39, 0.29) is 11.5 Å². The van der Waals surface area contributed by atoms with Gasteiger partial charge in [-0.2, -0.15) is 9.97 Å². The van der Waals surface area contributed by atoms with E-state index < -0.39 is 5.82 Å². The van der Waals surface area contributed by atoms with Crippen molar-refractivity contribution in [2.75, 3.05) is 25.1 Å². The standard InChI is InChI=1S/C23H24FN5O/c1-30-23-27-21-18(22(28-23)29-11-14-8-9-15(12-29)26-14)10-25-20(19(21)24)17-7-3-5-13-4-2-6-16(13)17/h3,5,7,10,14-15,26H,2,4,6,8-9,11-12H2,1H3. The molecule has 2 aromatic heterocycles. The van der Waals surface area contributed by atoms with Crippen LogP contribution in [-0.2, 0) is 12.8 Å². The van der Waals surface area contributed by atoms with Gasteiger partial charge in [0.15, 0.2) is 5.82 Å². The zero-order valence-corrected chi connectivity index (χ0v) is 17.0. The maximum atomic E-state index is 15.8. The molecule has 30 heavy (non-hydrogen) atoms. The van der Waals surface area contributed by atoms with Crippen molar-refractivity contribution in [2.24, 2.45) is 0 Å². The Hall–Kier alpha value is -2.80. The molecule has 2 unspecified atom stereocenters. The Morgan fingerprint density at radius 1 is 1.13 bits per heavy atom. The van der Waals surface area contributed by atoms with Crippen LogP contribution in [-0.4, -0.2) is 47.2 Å². The summed E-state index contributed by atoms with van der Waals surface area (Å²) < 4.78 is 21.2. The van der Waals surface area contributed by atoms with Gasteiger partial charge in [0.25, 0.3) is 0 Å². The molecule has 2 fully saturated rings. The highest BCUT2D eigenvalue weighted by Gasteiger charge is 2.34. The zero-order valence-electron chi connectivity index (χ0n) is 17.0. The van der Waals surface area contributed by atoms with Crippen molar-refractivity contribution in [3.63, 3.8) is 0 Å². The monoisotopic (exact) mass is 405 g/mol. The summed E-state index contributed by atoms with van der Waals surface area (Å²) in [7, 11) is 1.52. The van der Waals surface area contributed by atoms with Gasteiger partial charge in [-0.25, -0.2) is 4.39 Å². The van der Waals surface area contributed by atoms with Crippen molar-refractivity contribution in [3.8, 4) is 17.3 Å². The maximum Gasteiger partial charge on any atom is 0.318 e. The fourth-order valence-electron chi connectivity index (χ4n) is 5.35. The lowest BCUT2D eigenvalue weighted by molar-refractivity contribution is 0.380. The number of fused-ring (bicyclic) bond motifs is 4. The van der Waals surface area contributed by atoms with Crippen molar-refractivity contribution in [1.29, 1.82) is 0 Å². The number of hydrogen-bond acceptors (Lipinski definition) is 6. The second-order valence-corrected chi connectivity index (χ2v) is 8.56. The third-order valence-electron chi connectivity index (χ3n) is 6.74. The number of piperazine rings is 1. The van der Waals surface area contributed by atoms with Crippen LogP contribution in [0.5, 0.6) is 6.01 Å². The summed E-state index contributed by atoms with van der Waals surface area (Å²) in [5, 5.41) is 4.27. The molecule has 0 saturated carbocycles. The topological polar surface area (TPSA) is 63.2 Å². The molecule has 1 N–H and O–H groups in total. The maximum absolute atomic E-state index is 15.8. The first-order valence-corrected chi connectivity index (χ1v) is 10.7. The number of aromatic nitrogens is 3. The van der Waals surface area contributed by atoms with E-state index in [2.05, 4.69) is 31.2 Å². The van der Waals surface area contributed by atoms with Crippen LogP contribution in [0.4, 0.5) is 10.2 Å². The molecule has 7 heteroatoms. The van der Waals surface area contributed by atoms with Crippen molar-refractivity contribution in [1.82, 2.24) is 20.3 Å². The van der Waals surface area contributed by atoms with E-state index in [1.165, 1.54) is 18.2 Å². The minimum Gasteiger partial charge on any atom is -0.467 e. The molecule has 3 aliphatic rings. The molecule has 3 aromatic rings. The van der Waals surface area contributed by atoms with Crippen LogP contribution in [0.15, 0.2) is 24.4 Å². The highest BCUT2D eigenvalue weighted by molar-refractivity contribution is 5.92. The molecular formula is C23H24FN5O. The first-order valence-electron chi connectivity index (χ1n) is 10.7. The number of aryl methyl sites for hydroxylation is 1. The Labute approximate surface area is 174 Å². The summed E-state index contributed by atoms with van der Waals surface area (Å²) in [5.41, 5.74) is 4.04. The lowest BCUT2D eigenvalue weighted by Crippen LogP contribution is -2.51. The summed E-state index contributed by atoms with van der Waals surface area (Å²) >= 11 is 0. The fourth-order valence-corrected chi connectivity index (χ4v) is 5.35. The second-order valence-electron chi connectivity index (χ2n) is 8.56. The number of rotatable bonds is 3. The number of methoxy groups -OCH3 is 1. The van der Waals surface area contributed by atoms with Gasteiger partial charge in [-0.05, 0) is 43.2 Å². The van der Waals surface area contributed by atoms with Gasteiger partial charge in [0.2, 0.25) is 0 Å². The second kappa shape index (κ2) is 6.87. The van der Waals surface area contributed by atoms with Crippen LogP contribution >= 0.6 is 0 Å². The van der Waals surface area contributed by atoms with Gasteiger partial charge in [0.05, 0.1) is 12.5 Å². The van der Waals surface area contributed by atoms with Gasteiger partial charge < -0.3 is 15.0 Å². The van der Waals surface area contributed by atoms with Crippen molar-refractivity contribution >= 4 is 16.7 Å². The summed E-state index contributed by atoms with van der Waals surface area (Å²) in [6.07, 6.45) is 7.18. The molecule has 4 heterocycles. The van der Waals surface area contributed by atoms with Gasteiger partial charge in [0.1, 0.15) is 17.0 Å². The molecule has 6 nitrogen and oxygen atoms in total. The van der Waals surface area contributed by atoms with E-state index in [1.54, 1.807) is 6.20 Å². The first-order chi connectivity index (χ1) is 14.7. The average molecular weight is 405 g/mol. The van der Waals surface area contributed by atoms with E-state index >= 15 is 4.39 Å². The van der Waals surface area contributed by atoms with Crippen LogP contribution in [0.1, 0.15) is 30.4 Å². The van der Waals surface area contributed by atoms with Crippen LogP contribution in [0.25, 0.3) is 22.2 Å².